The van der Waals surface area contributed by atoms with Crippen LogP contribution >= 0.6 is 31.9 Å². The van der Waals surface area contributed by atoms with Crippen molar-refractivity contribution in [3.05, 3.63) is 34.3 Å². The second-order valence-corrected chi connectivity index (χ2v) is 4.65. The van der Waals surface area contributed by atoms with Gasteiger partial charge in [0.1, 0.15) is 4.62 Å². The SMILES string of the molecule is BrC1=NOC(c2ccc(Br)cc2)C1. The van der Waals surface area contributed by atoms with E-state index in [1.807, 2.05) is 24.3 Å². The Morgan fingerprint density at radius 3 is 2.46 bits per heavy atom. The lowest BCUT2D eigenvalue weighted by Crippen LogP contribution is -1.96. The van der Waals surface area contributed by atoms with Gasteiger partial charge in [-0.15, -0.1) is 0 Å². The third-order valence-electron chi connectivity index (χ3n) is 1.87. The van der Waals surface area contributed by atoms with Crippen molar-refractivity contribution in [2.75, 3.05) is 0 Å². The van der Waals surface area contributed by atoms with E-state index in [-0.39, 0.29) is 6.10 Å². The fourth-order valence-corrected chi connectivity index (χ4v) is 1.85. The molecule has 0 bridgehead atoms. The quantitative estimate of drug-likeness (QED) is 0.776. The third-order valence-corrected chi connectivity index (χ3v) is 2.87. The summed E-state index contributed by atoms with van der Waals surface area (Å²) in [5.41, 5.74) is 1.15. The molecule has 1 aliphatic rings. The van der Waals surface area contributed by atoms with Gasteiger partial charge in [-0.05, 0) is 33.6 Å². The van der Waals surface area contributed by atoms with Crippen LogP contribution in [0.15, 0.2) is 33.9 Å². The van der Waals surface area contributed by atoms with Crippen molar-refractivity contribution in [3.8, 4) is 0 Å². The highest BCUT2D eigenvalue weighted by molar-refractivity contribution is 9.18. The summed E-state index contributed by atoms with van der Waals surface area (Å²) in [5, 5.41) is 3.84. The van der Waals surface area contributed by atoms with E-state index in [1.54, 1.807) is 0 Å². The first-order valence-electron chi connectivity index (χ1n) is 3.89. The molecule has 2 rings (SSSR count). The Balaban J connectivity index is 2.14. The van der Waals surface area contributed by atoms with E-state index in [1.165, 1.54) is 0 Å². The van der Waals surface area contributed by atoms with Crippen molar-refractivity contribution in [1.82, 2.24) is 0 Å². The molecule has 1 aliphatic heterocycles. The van der Waals surface area contributed by atoms with Crippen LogP contribution in [0.5, 0.6) is 0 Å². The minimum atomic E-state index is 0.0717. The van der Waals surface area contributed by atoms with Gasteiger partial charge in [-0.3, -0.25) is 0 Å². The van der Waals surface area contributed by atoms with E-state index in [0.29, 0.717) is 0 Å². The topological polar surface area (TPSA) is 21.6 Å². The summed E-state index contributed by atoms with van der Waals surface area (Å²) < 4.78 is 1.95. The van der Waals surface area contributed by atoms with Crippen LogP contribution in [-0.2, 0) is 4.84 Å². The van der Waals surface area contributed by atoms with Gasteiger partial charge in [0.15, 0.2) is 6.10 Å². The van der Waals surface area contributed by atoms with Crippen molar-refractivity contribution in [1.29, 1.82) is 0 Å². The predicted octanol–water partition coefficient (Wildman–Crippen LogP) is 3.62. The molecular weight excluding hydrogens is 298 g/mol. The Morgan fingerprint density at radius 2 is 1.92 bits per heavy atom. The van der Waals surface area contributed by atoms with Gasteiger partial charge in [-0.25, -0.2) is 0 Å². The van der Waals surface area contributed by atoms with Crippen LogP contribution in [0.2, 0.25) is 0 Å². The molecule has 2 nitrogen and oxygen atoms in total. The zero-order valence-corrected chi connectivity index (χ0v) is 9.88. The van der Waals surface area contributed by atoms with E-state index < -0.39 is 0 Å². The Hall–Kier alpha value is -0.350. The predicted molar refractivity (Wildman–Crippen MR) is 58.9 cm³/mol. The van der Waals surface area contributed by atoms with Crippen molar-refractivity contribution >= 4 is 36.5 Å². The molecule has 13 heavy (non-hydrogen) atoms. The lowest BCUT2D eigenvalue weighted by Gasteiger charge is -2.07. The number of rotatable bonds is 1. The van der Waals surface area contributed by atoms with Gasteiger partial charge in [0, 0.05) is 10.9 Å². The molecule has 0 radical (unpaired) electrons. The Bertz CT molecular complexity index is 334. The van der Waals surface area contributed by atoms with Crippen LogP contribution in [0.4, 0.5) is 0 Å². The largest absolute Gasteiger partial charge is 0.386 e. The molecule has 0 aromatic heterocycles. The number of hydrogen-bond acceptors (Lipinski definition) is 2. The van der Waals surface area contributed by atoms with Gasteiger partial charge in [-0.2, -0.15) is 0 Å². The van der Waals surface area contributed by atoms with Crippen LogP contribution < -0.4 is 0 Å². The second-order valence-electron chi connectivity index (χ2n) is 2.82. The molecule has 1 atom stereocenters. The van der Waals surface area contributed by atoms with E-state index in [9.17, 15) is 0 Å². The minimum absolute atomic E-state index is 0.0717. The molecule has 0 amide bonds. The highest BCUT2D eigenvalue weighted by Gasteiger charge is 2.20. The maximum Gasteiger partial charge on any atom is 0.158 e. The molecule has 68 valence electrons. The monoisotopic (exact) mass is 303 g/mol. The number of oxime groups is 1. The average molecular weight is 305 g/mol. The first-order valence-corrected chi connectivity index (χ1v) is 5.48. The first-order chi connectivity index (χ1) is 6.25. The molecule has 1 aromatic rings. The summed E-state index contributed by atoms with van der Waals surface area (Å²) in [6, 6.07) is 8.08. The molecule has 0 aliphatic carbocycles. The van der Waals surface area contributed by atoms with Crippen molar-refractivity contribution in [3.63, 3.8) is 0 Å². The smallest absolute Gasteiger partial charge is 0.158 e. The number of benzene rings is 1. The average Bonchev–Trinajstić information content (AvgIpc) is 2.53. The lowest BCUT2D eigenvalue weighted by atomic mass is 10.1. The molecule has 4 heteroatoms. The summed E-state index contributed by atoms with van der Waals surface area (Å²) in [6.45, 7) is 0. The Kier molecular flexibility index (Phi) is 2.69. The van der Waals surface area contributed by atoms with E-state index in [0.717, 1.165) is 21.1 Å². The number of hydrogen-bond donors (Lipinski definition) is 0. The van der Waals surface area contributed by atoms with Gasteiger partial charge in [0.2, 0.25) is 0 Å². The van der Waals surface area contributed by atoms with Gasteiger partial charge >= 0.3 is 0 Å². The number of nitrogens with zero attached hydrogens (tertiary/aromatic N) is 1. The third kappa shape index (κ3) is 2.11. The first kappa shape index (κ1) is 9.21. The molecule has 1 unspecified atom stereocenters. The van der Waals surface area contributed by atoms with E-state index >= 15 is 0 Å². The molecule has 0 saturated carbocycles. The molecule has 0 spiro atoms. The lowest BCUT2D eigenvalue weighted by molar-refractivity contribution is 0.0858. The van der Waals surface area contributed by atoms with Crippen LogP contribution in [0.3, 0.4) is 0 Å². The normalized spacial score (nSPS) is 21.1. The maximum atomic E-state index is 5.22. The van der Waals surface area contributed by atoms with Gasteiger partial charge in [0.25, 0.3) is 0 Å². The molecule has 1 heterocycles. The van der Waals surface area contributed by atoms with Crippen LogP contribution in [-0.4, -0.2) is 4.62 Å². The van der Waals surface area contributed by atoms with E-state index in [2.05, 4.69) is 37.0 Å². The molecule has 0 saturated heterocycles. The van der Waals surface area contributed by atoms with Crippen LogP contribution in [0.1, 0.15) is 18.1 Å². The maximum absolute atomic E-state index is 5.22. The minimum Gasteiger partial charge on any atom is -0.386 e. The van der Waals surface area contributed by atoms with Crippen molar-refractivity contribution in [2.24, 2.45) is 5.16 Å². The highest BCUT2D eigenvalue weighted by Crippen LogP contribution is 2.29. The molecule has 1 aromatic carbocycles. The fraction of sp³-hybridized carbons (Fsp3) is 0.222. The number of halogens is 2. The summed E-state index contributed by atoms with van der Waals surface area (Å²) in [6.07, 6.45) is 0.893. The van der Waals surface area contributed by atoms with Gasteiger partial charge in [0.05, 0.1) is 0 Å². The summed E-state index contributed by atoms with van der Waals surface area (Å²) in [7, 11) is 0. The second kappa shape index (κ2) is 3.80. The van der Waals surface area contributed by atoms with Crippen LogP contribution in [0.25, 0.3) is 0 Å². The van der Waals surface area contributed by atoms with Crippen LogP contribution in [0, 0.1) is 0 Å². The zero-order chi connectivity index (χ0) is 9.26. The summed E-state index contributed by atoms with van der Waals surface area (Å²) >= 11 is 6.69. The highest BCUT2D eigenvalue weighted by atomic mass is 79.9. The Labute approximate surface area is 93.2 Å². The molecular formula is C9H7Br2NO. The molecule has 0 N–H and O–H groups in total. The van der Waals surface area contributed by atoms with E-state index in [4.69, 9.17) is 4.84 Å². The fourth-order valence-electron chi connectivity index (χ4n) is 1.20. The zero-order valence-electron chi connectivity index (χ0n) is 6.71. The Morgan fingerprint density at radius 1 is 1.23 bits per heavy atom. The standard InChI is InChI=1S/C9H7Br2NO/c10-7-3-1-6(2-4-7)8-5-9(11)12-13-8/h1-4,8H,5H2. The van der Waals surface area contributed by atoms with Crippen molar-refractivity contribution < 1.29 is 4.84 Å². The van der Waals surface area contributed by atoms with Crippen molar-refractivity contribution in [2.45, 2.75) is 12.5 Å². The summed E-state index contributed by atoms with van der Waals surface area (Å²) in [5.74, 6) is 0. The van der Waals surface area contributed by atoms with Gasteiger partial charge in [-0.1, -0.05) is 33.2 Å². The van der Waals surface area contributed by atoms with Gasteiger partial charge < -0.3 is 4.84 Å². The molecule has 0 fully saturated rings. The summed E-state index contributed by atoms with van der Waals surface area (Å²) in [4.78, 5) is 5.22.